The lowest BCUT2D eigenvalue weighted by Crippen LogP contribution is -2.08. The van der Waals surface area contributed by atoms with Crippen LogP contribution in [0.4, 0.5) is 0 Å². The number of ether oxygens (including phenoxy) is 2. The van der Waals surface area contributed by atoms with E-state index in [2.05, 4.69) is 4.74 Å². The minimum Gasteiger partial charge on any atom is -0.493 e. The molecule has 0 radical (unpaired) electrons. The van der Waals surface area contributed by atoms with E-state index in [1.165, 1.54) is 20.1 Å². The molecule has 92 valence electrons. The fourth-order valence-corrected chi connectivity index (χ4v) is 1.36. The van der Waals surface area contributed by atoms with Gasteiger partial charge in [-0.2, -0.15) is 0 Å². The second-order valence-electron chi connectivity index (χ2n) is 3.61. The van der Waals surface area contributed by atoms with Gasteiger partial charge in [0, 0.05) is 5.56 Å². The highest BCUT2D eigenvalue weighted by Crippen LogP contribution is 2.21. The molecule has 0 bridgehead atoms. The van der Waals surface area contributed by atoms with E-state index in [4.69, 9.17) is 4.74 Å². The molecule has 4 nitrogen and oxygen atoms in total. The van der Waals surface area contributed by atoms with Gasteiger partial charge in [0.1, 0.15) is 11.3 Å². The van der Waals surface area contributed by atoms with E-state index < -0.39 is 5.97 Å². The van der Waals surface area contributed by atoms with Gasteiger partial charge in [0.2, 0.25) is 0 Å². The molecule has 4 heteroatoms. The van der Waals surface area contributed by atoms with E-state index in [-0.39, 0.29) is 11.3 Å². The fourth-order valence-electron chi connectivity index (χ4n) is 1.36. The van der Waals surface area contributed by atoms with Crippen LogP contribution in [0.2, 0.25) is 0 Å². The zero-order valence-corrected chi connectivity index (χ0v) is 10.3. The molecule has 0 heterocycles. The van der Waals surface area contributed by atoms with Crippen LogP contribution in [-0.2, 0) is 4.74 Å². The quantitative estimate of drug-likeness (QED) is 0.582. The molecule has 0 saturated heterocycles. The Morgan fingerprint density at radius 3 is 2.53 bits per heavy atom. The molecule has 1 aromatic rings. The van der Waals surface area contributed by atoms with Crippen molar-refractivity contribution in [2.24, 2.45) is 0 Å². The fraction of sp³-hybridized carbons (Fsp3) is 0.385. The summed E-state index contributed by atoms with van der Waals surface area (Å²) in [7, 11) is 1.30. The van der Waals surface area contributed by atoms with Crippen LogP contribution in [-0.4, -0.2) is 25.5 Å². The molecule has 1 aromatic carbocycles. The van der Waals surface area contributed by atoms with Crippen LogP contribution >= 0.6 is 0 Å². The van der Waals surface area contributed by atoms with E-state index in [1.807, 2.05) is 6.92 Å². The van der Waals surface area contributed by atoms with Crippen LogP contribution in [0.1, 0.15) is 41.0 Å². The summed E-state index contributed by atoms with van der Waals surface area (Å²) < 4.78 is 10.1. The Morgan fingerprint density at radius 2 is 2.00 bits per heavy atom. The standard InChI is InChI=1S/C13H16O4/c1-4-7-17-12-6-5-10(9(2)14)8-11(12)13(15)16-3/h5-6,8H,4,7H2,1-3H3. The van der Waals surface area contributed by atoms with Crippen LogP contribution in [0.15, 0.2) is 18.2 Å². The second-order valence-corrected chi connectivity index (χ2v) is 3.61. The van der Waals surface area contributed by atoms with Gasteiger partial charge in [0.05, 0.1) is 13.7 Å². The van der Waals surface area contributed by atoms with Gasteiger partial charge in [-0.3, -0.25) is 4.79 Å². The summed E-state index contributed by atoms with van der Waals surface area (Å²) >= 11 is 0. The zero-order valence-electron chi connectivity index (χ0n) is 10.3. The van der Waals surface area contributed by atoms with E-state index in [0.717, 1.165) is 6.42 Å². The molecule has 0 spiro atoms. The minimum atomic E-state index is -0.501. The summed E-state index contributed by atoms with van der Waals surface area (Å²) in [5.41, 5.74) is 0.753. The van der Waals surface area contributed by atoms with Gasteiger partial charge >= 0.3 is 5.97 Å². The topological polar surface area (TPSA) is 52.6 Å². The van der Waals surface area contributed by atoms with Crippen LogP contribution < -0.4 is 4.74 Å². The van der Waals surface area contributed by atoms with Crippen LogP contribution in [0.3, 0.4) is 0 Å². The average Bonchev–Trinajstić information content (AvgIpc) is 2.35. The first-order chi connectivity index (χ1) is 8.10. The van der Waals surface area contributed by atoms with Crippen molar-refractivity contribution in [3.8, 4) is 5.75 Å². The van der Waals surface area contributed by atoms with Crippen molar-refractivity contribution >= 4 is 11.8 Å². The van der Waals surface area contributed by atoms with Gasteiger partial charge in [-0.05, 0) is 31.5 Å². The first kappa shape index (κ1) is 13.2. The van der Waals surface area contributed by atoms with Gasteiger partial charge in [0.15, 0.2) is 5.78 Å². The summed E-state index contributed by atoms with van der Waals surface area (Å²) in [5.74, 6) is -0.153. The predicted octanol–water partition coefficient (Wildman–Crippen LogP) is 2.46. The molecule has 0 atom stereocenters. The van der Waals surface area contributed by atoms with Crippen molar-refractivity contribution in [1.29, 1.82) is 0 Å². The number of esters is 1. The first-order valence-electron chi connectivity index (χ1n) is 5.46. The first-order valence-corrected chi connectivity index (χ1v) is 5.46. The van der Waals surface area contributed by atoms with Crippen LogP contribution in [0.5, 0.6) is 5.75 Å². The minimum absolute atomic E-state index is 0.0998. The van der Waals surface area contributed by atoms with Crippen molar-refractivity contribution < 1.29 is 19.1 Å². The number of benzene rings is 1. The maximum atomic E-state index is 11.6. The number of ketones is 1. The summed E-state index contributed by atoms with van der Waals surface area (Å²) in [6.45, 7) is 3.94. The molecule has 0 saturated carbocycles. The summed E-state index contributed by atoms with van der Waals surface area (Å²) in [6.07, 6.45) is 0.842. The van der Waals surface area contributed by atoms with Crippen LogP contribution in [0, 0.1) is 0 Å². The van der Waals surface area contributed by atoms with Gasteiger partial charge in [-0.15, -0.1) is 0 Å². The molecule has 0 aromatic heterocycles. The number of methoxy groups -OCH3 is 1. The van der Waals surface area contributed by atoms with E-state index in [0.29, 0.717) is 17.9 Å². The highest BCUT2D eigenvalue weighted by molar-refractivity contribution is 5.99. The molecule has 17 heavy (non-hydrogen) atoms. The molecule has 0 amide bonds. The van der Waals surface area contributed by atoms with Gasteiger partial charge in [-0.25, -0.2) is 4.79 Å². The highest BCUT2D eigenvalue weighted by Gasteiger charge is 2.15. The predicted molar refractivity (Wildman–Crippen MR) is 63.6 cm³/mol. The average molecular weight is 236 g/mol. The van der Waals surface area contributed by atoms with Gasteiger partial charge < -0.3 is 9.47 Å². The Kier molecular flexibility index (Phi) is 4.69. The smallest absolute Gasteiger partial charge is 0.341 e. The van der Waals surface area contributed by atoms with Gasteiger partial charge in [-0.1, -0.05) is 6.92 Å². The van der Waals surface area contributed by atoms with Crippen molar-refractivity contribution in [1.82, 2.24) is 0 Å². The number of rotatable bonds is 5. The van der Waals surface area contributed by atoms with Gasteiger partial charge in [0.25, 0.3) is 0 Å². The second kappa shape index (κ2) is 6.03. The van der Waals surface area contributed by atoms with Crippen molar-refractivity contribution in [3.05, 3.63) is 29.3 Å². The largest absolute Gasteiger partial charge is 0.493 e. The number of carbonyl (C=O) groups excluding carboxylic acids is 2. The molecule has 1 rings (SSSR count). The molecule has 0 aliphatic rings. The van der Waals surface area contributed by atoms with Crippen molar-refractivity contribution in [3.63, 3.8) is 0 Å². The summed E-state index contributed by atoms with van der Waals surface area (Å²) in [4.78, 5) is 22.8. The number of Topliss-reactive ketones (excluding diaryl/α,β-unsaturated/α-hetero) is 1. The third kappa shape index (κ3) is 3.31. The molecule has 0 aliphatic heterocycles. The monoisotopic (exact) mass is 236 g/mol. The Hall–Kier alpha value is -1.84. The normalized spacial score (nSPS) is 9.82. The molecule has 0 fully saturated rings. The maximum absolute atomic E-state index is 11.6. The number of hydrogen-bond donors (Lipinski definition) is 0. The zero-order chi connectivity index (χ0) is 12.8. The number of hydrogen-bond acceptors (Lipinski definition) is 4. The van der Waals surface area contributed by atoms with E-state index in [9.17, 15) is 9.59 Å². The Bertz CT molecular complexity index is 423. The third-order valence-corrected chi connectivity index (χ3v) is 2.25. The van der Waals surface area contributed by atoms with E-state index in [1.54, 1.807) is 12.1 Å². The lowest BCUT2D eigenvalue weighted by atomic mass is 10.1. The summed E-state index contributed by atoms with van der Waals surface area (Å²) in [6, 6.07) is 4.76. The Labute approximate surface area is 101 Å². The third-order valence-electron chi connectivity index (χ3n) is 2.25. The van der Waals surface area contributed by atoms with Crippen molar-refractivity contribution in [2.45, 2.75) is 20.3 Å². The lowest BCUT2D eigenvalue weighted by Gasteiger charge is -2.10. The molecule has 0 N–H and O–H groups in total. The number of carbonyl (C=O) groups is 2. The van der Waals surface area contributed by atoms with Crippen molar-refractivity contribution in [2.75, 3.05) is 13.7 Å². The summed E-state index contributed by atoms with van der Waals surface area (Å²) in [5, 5.41) is 0. The Balaban J connectivity index is 3.12. The molecular formula is C13H16O4. The SMILES string of the molecule is CCCOc1ccc(C(C)=O)cc1C(=O)OC. The maximum Gasteiger partial charge on any atom is 0.341 e. The molecule has 0 unspecified atom stereocenters. The van der Waals surface area contributed by atoms with Crippen LogP contribution in [0.25, 0.3) is 0 Å². The lowest BCUT2D eigenvalue weighted by molar-refractivity contribution is 0.0596. The Morgan fingerprint density at radius 1 is 1.29 bits per heavy atom. The highest BCUT2D eigenvalue weighted by atomic mass is 16.5. The molecule has 0 aliphatic carbocycles. The molecular weight excluding hydrogens is 220 g/mol. The van der Waals surface area contributed by atoms with E-state index >= 15 is 0 Å².